The highest BCUT2D eigenvalue weighted by Gasteiger charge is 2.10. The van der Waals surface area contributed by atoms with Crippen molar-refractivity contribution >= 4 is 28.2 Å². The summed E-state index contributed by atoms with van der Waals surface area (Å²) in [4.78, 5) is 4.72. The number of aryl methyl sites for hydroxylation is 1. The van der Waals surface area contributed by atoms with Crippen molar-refractivity contribution in [2.24, 2.45) is 0 Å². The topological polar surface area (TPSA) is 24.9 Å². The van der Waals surface area contributed by atoms with Crippen molar-refractivity contribution in [3.05, 3.63) is 59.1 Å². The molecule has 0 unspecified atom stereocenters. The van der Waals surface area contributed by atoms with Gasteiger partial charge in [0.05, 0.1) is 16.2 Å². The van der Waals surface area contributed by atoms with E-state index in [0.29, 0.717) is 5.02 Å². The van der Waals surface area contributed by atoms with Crippen LogP contribution in [0.25, 0.3) is 22.2 Å². The molecule has 2 aromatic carbocycles. The molecule has 100 valence electrons. The minimum absolute atomic E-state index is 0.689. The first-order chi connectivity index (χ1) is 9.69. The number of hydrogen-bond donors (Lipinski definition) is 1. The number of fused-ring (bicyclic) bond motifs is 1. The first-order valence-electron chi connectivity index (χ1n) is 6.53. The lowest BCUT2D eigenvalue weighted by Gasteiger charge is -2.11. The maximum Gasteiger partial charge on any atom is 0.0916 e. The molecule has 0 fully saturated rings. The van der Waals surface area contributed by atoms with E-state index in [0.717, 1.165) is 33.4 Å². The summed E-state index contributed by atoms with van der Waals surface area (Å²) in [6.45, 7) is 2.04. The third-order valence-electron chi connectivity index (χ3n) is 3.35. The summed E-state index contributed by atoms with van der Waals surface area (Å²) in [7, 11) is 1.92. The number of pyridine rings is 1. The van der Waals surface area contributed by atoms with E-state index in [4.69, 9.17) is 16.6 Å². The molecule has 0 spiro atoms. The summed E-state index contributed by atoms with van der Waals surface area (Å²) in [5.74, 6) is 0. The first-order valence-corrected chi connectivity index (χ1v) is 6.91. The van der Waals surface area contributed by atoms with Gasteiger partial charge >= 0.3 is 0 Å². The second-order valence-corrected chi connectivity index (χ2v) is 5.22. The van der Waals surface area contributed by atoms with Crippen LogP contribution < -0.4 is 5.32 Å². The smallest absolute Gasteiger partial charge is 0.0916 e. The van der Waals surface area contributed by atoms with Gasteiger partial charge in [-0.25, -0.2) is 4.98 Å². The molecule has 0 amide bonds. The SMILES string of the molecule is CNc1cc(-c2ccccc2)nc2c(Cl)cc(C)cc12. The zero-order chi connectivity index (χ0) is 14.1. The Morgan fingerprint density at radius 1 is 1.05 bits per heavy atom. The zero-order valence-electron chi connectivity index (χ0n) is 11.4. The third kappa shape index (κ3) is 2.23. The van der Waals surface area contributed by atoms with Gasteiger partial charge in [-0.3, -0.25) is 0 Å². The lowest BCUT2D eigenvalue weighted by Crippen LogP contribution is -1.95. The van der Waals surface area contributed by atoms with E-state index in [1.165, 1.54) is 0 Å². The summed E-state index contributed by atoms with van der Waals surface area (Å²) in [5.41, 5.74) is 5.02. The molecule has 3 aromatic rings. The fourth-order valence-corrected chi connectivity index (χ4v) is 2.70. The molecule has 3 rings (SSSR count). The lowest BCUT2D eigenvalue weighted by molar-refractivity contribution is 1.37. The molecule has 0 aliphatic carbocycles. The van der Waals surface area contributed by atoms with E-state index in [9.17, 15) is 0 Å². The van der Waals surface area contributed by atoms with Crippen LogP contribution >= 0.6 is 11.6 Å². The molecule has 1 N–H and O–H groups in total. The number of halogens is 1. The average Bonchev–Trinajstić information content (AvgIpc) is 2.47. The van der Waals surface area contributed by atoms with Crippen molar-refractivity contribution in [3.63, 3.8) is 0 Å². The molecule has 2 nitrogen and oxygen atoms in total. The van der Waals surface area contributed by atoms with Gasteiger partial charge in [-0.05, 0) is 30.7 Å². The Labute approximate surface area is 123 Å². The van der Waals surface area contributed by atoms with Gasteiger partial charge in [0.25, 0.3) is 0 Å². The van der Waals surface area contributed by atoms with Crippen LogP contribution in [0.2, 0.25) is 5.02 Å². The molecule has 0 aliphatic heterocycles. The van der Waals surface area contributed by atoms with E-state index >= 15 is 0 Å². The van der Waals surface area contributed by atoms with Crippen LogP contribution in [0.5, 0.6) is 0 Å². The van der Waals surface area contributed by atoms with Gasteiger partial charge in [0.1, 0.15) is 0 Å². The molecular weight excluding hydrogens is 268 g/mol. The number of benzene rings is 2. The number of aromatic nitrogens is 1. The average molecular weight is 283 g/mol. The van der Waals surface area contributed by atoms with Crippen molar-refractivity contribution in [1.82, 2.24) is 4.98 Å². The van der Waals surface area contributed by atoms with Gasteiger partial charge in [0, 0.05) is 23.7 Å². The van der Waals surface area contributed by atoms with Crippen LogP contribution in [-0.2, 0) is 0 Å². The van der Waals surface area contributed by atoms with Gasteiger partial charge in [-0.2, -0.15) is 0 Å². The van der Waals surface area contributed by atoms with E-state index < -0.39 is 0 Å². The van der Waals surface area contributed by atoms with Gasteiger partial charge in [-0.1, -0.05) is 41.9 Å². The Kier molecular flexibility index (Phi) is 3.33. The Balaban J connectivity index is 2.32. The molecule has 0 saturated carbocycles. The molecule has 0 saturated heterocycles. The van der Waals surface area contributed by atoms with Gasteiger partial charge in [0.2, 0.25) is 0 Å². The van der Waals surface area contributed by atoms with Gasteiger partial charge < -0.3 is 5.32 Å². The molecule has 1 aromatic heterocycles. The second kappa shape index (κ2) is 5.14. The standard InChI is InChI=1S/C17H15ClN2/c1-11-8-13-16(19-2)10-15(12-6-4-3-5-7-12)20-17(13)14(18)9-11/h3-10H,1-2H3,(H,19,20). The predicted molar refractivity (Wildman–Crippen MR) is 86.5 cm³/mol. The Hall–Kier alpha value is -2.06. The van der Waals surface area contributed by atoms with Crippen molar-refractivity contribution < 1.29 is 0 Å². The monoisotopic (exact) mass is 282 g/mol. The minimum Gasteiger partial charge on any atom is -0.388 e. The quantitative estimate of drug-likeness (QED) is 0.723. The Morgan fingerprint density at radius 3 is 2.50 bits per heavy atom. The molecular formula is C17H15ClN2. The number of rotatable bonds is 2. The lowest BCUT2D eigenvalue weighted by atomic mass is 10.1. The number of nitrogens with zero attached hydrogens (tertiary/aromatic N) is 1. The predicted octanol–water partition coefficient (Wildman–Crippen LogP) is 4.91. The Bertz CT molecular complexity index is 767. The van der Waals surface area contributed by atoms with E-state index in [1.54, 1.807) is 0 Å². The maximum absolute atomic E-state index is 6.36. The van der Waals surface area contributed by atoms with Crippen molar-refractivity contribution in [2.45, 2.75) is 6.92 Å². The largest absolute Gasteiger partial charge is 0.388 e. The highest BCUT2D eigenvalue weighted by Crippen LogP contribution is 2.32. The van der Waals surface area contributed by atoms with E-state index in [1.807, 2.05) is 38.2 Å². The normalized spacial score (nSPS) is 10.8. The molecule has 20 heavy (non-hydrogen) atoms. The number of hydrogen-bond acceptors (Lipinski definition) is 2. The van der Waals surface area contributed by atoms with E-state index in [2.05, 4.69) is 29.6 Å². The van der Waals surface area contributed by atoms with Crippen LogP contribution in [0, 0.1) is 6.92 Å². The molecule has 1 heterocycles. The number of nitrogens with one attached hydrogen (secondary N) is 1. The fraction of sp³-hybridized carbons (Fsp3) is 0.118. The summed E-state index contributed by atoms with van der Waals surface area (Å²) >= 11 is 6.36. The summed E-state index contributed by atoms with van der Waals surface area (Å²) in [5, 5.41) is 4.98. The minimum atomic E-state index is 0.689. The van der Waals surface area contributed by atoms with Crippen molar-refractivity contribution in [1.29, 1.82) is 0 Å². The van der Waals surface area contributed by atoms with Crippen LogP contribution in [0.15, 0.2) is 48.5 Å². The highest BCUT2D eigenvalue weighted by molar-refractivity contribution is 6.35. The molecule has 0 bridgehead atoms. The summed E-state index contributed by atoms with van der Waals surface area (Å²) in [6, 6.07) is 16.2. The van der Waals surface area contributed by atoms with E-state index in [-0.39, 0.29) is 0 Å². The Morgan fingerprint density at radius 2 is 1.80 bits per heavy atom. The zero-order valence-corrected chi connectivity index (χ0v) is 12.2. The van der Waals surface area contributed by atoms with Crippen molar-refractivity contribution in [3.8, 4) is 11.3 Å². The molecule has 3 heteroatoms. The fourth-order valence-electron chi connectivity index (χ4n) is 2.38. The first kappa shape index (κ1) is 12.9. The van der Waals surface area contributed by atoms with Crippen LogP contribution in [0.1, 0.15) is 5.56 Å². The van der Waals surface area contributed by atoms with Crippen LogP contribution in [-0.4, -0.2) is 12.0 Å². The molecule has 0 atom stereocenters. The second-order valence-electron chi connectivity index (χ2n) is 4.81. The molecule has 0 radical (unpaired) electrons. The van der Waals surface area contributed by atoms with Gasteiger partial charge in [-0.15, -0.1) is 0 Å². The van der Waals surface area contributed by atoms with Crippen molar-refractivity contribution in [2.75, 3.05) is 12.4 Å². The van der Waals surface area contributed by atoms with Crippen LogP contribution in [0.4, 0.5) is 5.69 Å². The highest BCUT2D eigenvalue weighted by atomic mass is 35.5. The third-order valence-corrected chi connectivity index (χ3v) is 3.64. The summed E-state index contributed by atoms with van der Waals surface area (Å²) < 4.78 is 0. The number of anilines is 1. The van der Waals surface area contributed by atoms with Crippen LogP contribution in [0.3, 0.4) is 0 Å². The molecule has 0 aliphatic rings. The van der Waals surface area contributed by atoms with Gasteiger partial charge in [0.15, 0.2) is 0 Å². The maximum atomic E-state index is 6.36. The summed E-state index contributed by atoms with van der Waals surface area (Å²) in [6.07, 6.45) is 0.